The minimum atomic E-state index is -0.842. The zero-order valence-electron chi connectivity index (χ0n) is 18.1. The van der Waals surface area contributed by atoms with Crippen LogP contribution in [0.4, 0.5) is 0 Å². The minimum Gasteiger partial charge on any atom is -0.342 e. The molecule has 166 valence electrons. The average Bonchev–Trinajstić information content (AvgIpc) is 3.36. The second-order valence-electron chi connectivity index (χ2n) is 7.77. The molecule has 0 bridgehead atoms. The number of imidazole rings is 1. The summed E-state index contributed by atoms with van der Waals surface area (Å²) in [5.41, 5.74) is 0.985. The van der Waals surface area contributed by atoms with Crippen LogP contribution in [-0.2, 0) is 11.3 Å². The molecule has 0 saturated heterocycles. The van der Waals surface area contributed by atoms with Crippen molar-refractivity contribution in [1.29, 1.82) is 0 Å². The average molecular weight is 441 g/mol. The summed E-state index contributed by atoms with van der Waals surface area (Å²) < 4.78 is 1.73. The summed E-state index contributed by atoms with van der Waals surface area (Å²) in [7, 11) is 0. The van der Waals surface area contributed by atoms with Crippen LogP contribution in [-0.4, -0.2) is 39.2 Å². The maximum absolute atomic E-state index is 13.1. The molecular weight excluding hydrogens is 416 g/mol. The third kappa shape index (κ3) is 5.15. The van der Waals surface area contributed by atoms with Gasteiger partial charge in [0.05, 0.1) is 12.9 Å². The first-order valence-corrected chi connectivity index (χ1v) is 10.7. The number of fused-ring (bicyclic) bond motifs is 1. The number of rotatable bonds is 8. The van der Waals surface area contributed by atoms with Gasteiger partial charge in [-0.25, -0.2) is 4.98 Å². The van der Waals surface area contributed by atoms with E-state index in [1.165, 1.54) is 0 Å². The van der Waals surface area contributed by atoms with Crippen molar-refractivity contribution in [2.24, 2.45) is 0 Å². The Labute approximate surface area is 191 Å². The summed E-state index contributed by atoms with van der Waals surface area (Å²) in [5.74, 6) is -1.02. The molecule has 4 rings (SSSR count). The Morgan fingerprint density at radius 3 is 2.39 bits per heavy atom. The number of nitrogens with one attached hydrogen (secondary N) is 2. The van der Waals surface area contributed by atoms with Crippen LogP contribution in [0, 0.1) is 0 Å². The topological polar surface area (TPSA) is 93.1 Å². The Hall–Kier alpha value is -4.26. The normalized spacial score (nSPS) is 12.6. The quantitative estimate of drug-likeness (QED) is 0.412. The van der Waals surface area contributed by atoms with E-state index in [2.05, 4.69) is 15.6 Å². The summed E-state index contributed by atoms with van der Waals surface area (Å²) in [6.45, 7) is 1.82. The summed E-state index contributed by atoms with van der Waals surface area (Å²) in [6, 6.07) is 20.2. The molecule has 0 spiro atoms. The first kappa shape index (κ1) is 22.0. The molecule has 1 heterocycles. The van der Waals surface area contributed by atoms with Gasteiger partial charge in [0.1, 0.15) is 12.1 Å². The number of carbonyl (C=O) groups excluding carboxylic acids is 3. The number of benzene rings is 3. The molecule has 2 amide bonds. The van der Waals surface area contributed by atoms with E-state index in [0.717, 1.165) is 10.8 Å². The van der Waals surface area contributed by atoms with Gasteiger partial charge >= 0.3 is 0 Å². The molecule has 3 aromatic carbocycles. The number of aromatic nitrogens is 2. The highest BCUT2D eigenvalue weighted by atomic mass is 16.2. The molecule has 7 heteroatoms. The molecule has 7 nitrogen and oxygen atoms in total. The molecule has 1 aromatic heterocycles. The largest absolute Gasteiger partial charge is 0.342 e. The van der Waals surface area contributed by atoms with Crippen LogP contribution in [0.15, 0.2) is 91.5 Å². The van der Waals surface area contributed by atoms with E-state index in [9.17, 15) is 14.4 Å². The Balaban J connectivity index is 1.48. The Bertz CT molecular complexity index is 1260. The van der Waals surface area contributed by atoms with Crippen molar-refractivity contribution in [3.05, 3.63) is 103 Å². The Morgan fingerprint density at radius 2 is 1.64 bits per heavy atom. The molecule has 33 heavy (non-hydrogen) atoms. The lowest BCUT2D eigenvalue weighted by Gasteiger charge is -2.21. The number of Topliss-reactive ketones (excluding diaryl/α,β-unsaturated/α-hetero) is 1. The summed E-state index contributed by atoms with van der Waals surface area (Å²) in [5, 5.41) is 7.29. The van der Waals surface area contributed by atoms with Crippen molar-refractivity contribution in [2.45, 2.75) is 25.6 Å². The number of hydrogen-bond acceptors (Lipinski definition) is 4. The van der Waals surface area contributed by atoms with E-state index < -0.39 is 18.0 Å². The maximum Gasteiger partial charge on any atom is 0.252 e. The van der Waals surface area contributed by atoms with Gasteiger partial charge in [-0.15, -0.1) is 0 Å². The molecule has 0 fully saturated rings. The van der Waals surface area contributed by atoms with Gasteiger partial charge in [-0.3, -0.25) is 14.4 Å². The van der Waals surface area contributed by atoms with E-state index in [1.54, 1.807) is 60.5 Å². The lowest BCUT2D eigenvalue weighted by molar-refractivity contribution is -0.123. The monoisotopic (exact) mass is 440 g/mol. The number of ketones is 1. The maximum atomic E-state index is 13.1. The molecular formula is C26H24N4O3. The van der Waals surface area contributed by atoms with E-state index in [-0.39, 0.29) is 18.2 Å². The van der Waals surface area contributed by atoms with Gasteiger partial charge in [-0.1, -0.05) is 66.7 Å². The molecule has 0 aliphatic rings. The predicted molar refractivity (Wildman–Crippen MR) is 126 cm³/mol. The molecule has 2 atom stereocenters. The second kappa shape index (κ2) is 9.91. The van der Waals surface area contributed by atoms with Crippen LogP contribution in [0.2, 0.25) is 0 Å². The molecule has 2 unspecified atom stereocenters. The number of carbonyl (C=O) groups is 3. The van der Waals surface area contributed by atoms with Crippen molar-refractivity contribution in [3.8, 4) is 0 Å². The SMILES string of the molecule is CC(NC(=O)c1cccc2ccccc12)C(=O)NC(Cn1ccnc1)C(=O)c1ccccc1. The van der Waals surface area contributed by atoms with Crippen LogP contribution in [0.3, 0.4) is 0 Å². The van der Waals surface area contributed by atoms with E-state index in [1.807, 2.05) is 42.5 Å². The van der Waals surface area contributed by atoms with Crippen molar-refractivity contribution in [3.63, 3.8) is 0 Å². The summed E-state index contributed by atoms with van der Waals surface area (Å²) in [6.07, 6.45) is 4.92. The van der Waals surface area contributed by atoms with Gasteiger partial charge in [0, 0.05) is 23.5 Å². The van der Waals surface area contributed by atoms with Crippen LogP contribution in [0.25, 0.3) is 10.8 Å². The highest BCUT2D eigenvalue weighted by Gasteiger charge is 2.26. The summed E-state index contributed by atoms with van der Waals surface area (Å²) >= 11 is 0. The third-order valence-electron chi connectivity index (χ3n) is 5.42. The molecule has 0 radical (unpaired) electrons. The van der Waals surface area contributed by atoms with Crippen LogP contribution in [0.1, 0.15) is 27.6 Å². The Morgan fingerprint density at radius 1 is 0.909 bits per heavy atom. The minimum absolute atomic E-state index is 0.217. The van der Waals surface area contributed by atoms with Gasteiger partial charge in [-0.05, 0) is 23.8 Å². The van der Waals surface area contributed by atoms with Crippen LogP contribution >= 0.6 is 0 Å². The van der Waals surface area contributed by atoms with E-state index in [4.69, 9.17) is 0 Å². The predicted octanol–water partition coefficient (Wildman–Crippen LogP) is 3.22. The van der Waals surface area contributed by atoms with Gasteiger partial charge in [0.2, 0.25) is 5.91 Å². The van der Waals surface area contributed by atoms with E-state index in [0.29, 0.717) is 11.1 Å². The van der Waals surface area contributed by atoms with Gasteiger partial charge in [-0.2, -0.15) is 0 Å². The molecule has 0 aliphatic carbocycles. The van der Waals surface area contributed by atoms with Gasteiger partial charge in [0.25, 0.3) is 5.91 Å². The zero-order chi connectivity index (χ0) is 23.2. The van der Waals surface area contributed by atoms with Gasteiger partial charge < -0.3 is 15.2 Å². The lowest BCUT2D eigenvalue weighted by atomic mass is 10.0. The van der Waals surface area contributed by atoms with Crippen molar-refractivity contribution < 1.29 is 14.4 Å². The Kier molecular flexibility index (Phi) is 6.59. The van der Waals surface area contributed by atoms with Crippen LogP contribution < -0.4 is 10.6 Å². The van der Waals surface area contributed by atoms with Crippen molar-refractivity contribution in [1.82, 2.24) is 20.2 Å². The summed E-state index contributed by atoms with van der Waals surface area (Å²) in [4.78, 5) is 42.9. The van der Waals surface area contributed by atoms with E-state index >= 15 is 0 Å². The molecule has 4 aromatic rings. The fourth-order valence-electron chi connectivity index (χ4n) is 3.66. The molecule has 0 aliphatic heterocycles. The first-order valence-electron chi connectivity index (χ1n) is 10.7. The smallest absolute Gasteiger partial charge is 0.252 e. The van der Waals surface area contributed by atoms with Gasteiger partial charge in [0.15, 0.2) is 5.78 Å². The highest BCUT2D eigenvalue weighted by molar-refractivity contribution is 6.08. The first-order chi connectivity index (χ1) is 16.0. The lowest BCUT2D eigenvalue weighted by Crippen LogP contribution is -2.51. The number of nitrogens with zero attached hydrogens (tertiary/aromatic N) is 2. The number of hydrogen-bond donors (Lipinski definition) is 2. The fraction of sp³-hybridized carbons (Fsp3) is 0.154. The van der Waals surface area contributed by atoms with Crippen molar-refractivity contribution >= 4 is 28.4 Å². The molecule has 0 saturated carbocycles. The fourth-order valence-corrected chi connectivity index (χ4v) is 3.66. The molecule has 2 N–H and O–H groups in total. The highest BCUT2D eigenvalue weighted by Crippen LogP contribution is 2.18. The van der Waals surface area contributed by atoms with Crippen LogP contribution in [0.5, 0.6) is 0 Å². The second-order valence-corrected chi connectivity index (χ2v) is 7.77. The number of amides is 2. The van der Waals surface area contributed by atoms with Crippen molar-refractivity contribution in [2.75, 3.05) is 0 Å². The standard InChI is InChI=1S/C26H24N4O3/c1-18(28-26(33)22-13-7-11-19-8-5-6-12-21(19)22)25(32)29-23(16-30-15-14-27-17-30)24(31)20-9-3-2-4-10-20/h2-15,17-18,23H,16H2,1H3,(H,28,33)(H,29,32). The third-order valence-corrected chi connectivity index (χ3v) is 5.42. The zero-order valence-corrected chi connectivity index (χ0v) is 18.1.